The van der Waals surface area contributed by atoms with Gasteiger partial charge in [0.2, 0.25) is 0 Å². The van der Waals surface area contributed by atoms with Crippen molar-refractivity contribution < 1.29 is 9.90 Å². The minimum Gasteiger partial charge on any atom is -0.508 e. The van der Waals surface area contributed by atoms with Crippen molar-refractivity contribution in [1.29, 1.82) is 0 Å². The summed E-state index contributed by atoms with van der Waals surface area (Å²) in [5, 5.41) is 15.6. The molecule has 1 aromatic carbocycles. The number of phenols is 1. The first-order valence-electron chi connectivity index (χ1n) is 5.45. The highest BCUT2D eigenvalue weighted by atomic mass is 32.2. The van der Waals surface area contributed by atoms with Crippen LogP contribution in [0.5, 0.6) is 5.75 Å². The second-order valence-electron chi connectivity index (χ2n) is 4.29. The summed E-state index contributed by atoms with van der Waals surface area (Å²) in [5.41, 5.74) is 1.93. The van der Waals surface area contributed by atoms with Crippen molar-refractivity contribution in [3.63, 3.8) is 0 Å². The standard InChI is InChI=1S/C12H12N2O2S/c1-6-4-9-11(12(16)13-6)17-10-5-7(15)2-3-8(10)14-9/h2-3,5-6,14-15H,4H2,1H3,(H,13,16). The van der Waals surface area contributed by atoms with E-state index in [9.17, 15) is 9.90 Å². The van der Waals surface area contributed by atoms with Crippen molar-refractivity contribution >= 4 is 23.4 Å². The molecule has 2 aliphatic heterocycles. The number of amides is 1. The summed E-state index contributed by atoms with van der Waals surface area (Å²) >= 11 is 1.41. The second-order valence-corrected chi connectivity index (χ2v) is 5.35. The fraction of sp³-hybridized carbons (Fsp3) is 0.250. The van der Waals surface area contributed by atoms with Crippen LogP contribution in [0.3, 0.4) is 0 Å². The molecular weight excluding hydrogens is 236 g/mol. The summed E-state index contributed by atoms with van der Waals surface area (Å²) in [6, 6.07) is 5.30. The zero-order valence-corrected chi connectivity index (χ0v) is 10.1. The van der Waals surface area contributed by atoms with Gasteiger partial charge >= 0.3 is 0 Å². The fourth-order valence-corrected chi connectivity index (χ4v) is 3.10. The fourth-order valence-electron chi connectivity index (χ4n) is 2.06. The molecule has 2 aliphatic rings. The molecule has 0 radical (unpaired) electrons. The maximum Gasteiger partial charge on any atom is 0.260 e. The quantitative estimate of drug-likeness (QED) is 0.615. The van der Waals surface area contributed by atoms with Gasteiger partial charge in [0, 0.05) is 23.1 Å². The minimum absolute atomic E-state index is 0.0368. The number of carbonyl (C=O) groups is 1. The van der Waals surface area contributed by atoms with Gasteiger partial charge in [-0.05, 0) is 25.1 Å². The molecule has 2 heterocycles. The Morgan fingerprint density at radius 2 is 2.29 bits per heavy atom. The number of phenolic OH excluding ortho intramolecular Hbond substituents is 1. The lowest BCUT2D eigenvalue weighted by Gasteiger charge is -2.30. The van der Waals surface area contributed by atoms with E-state index >= 15 is 0 Å². The predicted octanol–water partition coefficient (Wildman–Crippen LogP) is 2.03. The Hall–Kier alpha value is -1.62. The van der Waals surface area contributed by atoms with Gasteiger partial charge in [-0.25, -0.2) is 0 Å². The highest BCUT2D eigenvalue weighted by molar-refractivity contribution is 8.04. The van der Waals surface area contributed by atoms with Crippen LogP contribution in [0.2, 0.25) is 0 Å². The third-order valence-electron chi connectivity index (χ3n) is 2.83. The molecular formula is C12H12N2O2S. The summed E-state index contributed by atoms with van der Waals surface area (Å²) in [6.07, 6.45) is 0.814. The van der Waals surface area contributed by atoms with Crippen LogP contribution in [0.25, 0.3) is 0 Å². The molecule has 4 nitrogen and oxygen atoms in total. The third kappa shape index (κ3) is 1.76. The van der Waals surface area contributed by atoms with E-state index in [0.717, 1.165) is 22.7 Å². The van der Waals surface area contributed by atoms with Gasteiger partial charge in [-0.3, -0.25) is 4.79 Å². The molecule has 0 saturated heterocycles. The largest absolute Gasteiger partial charge is 0.508 e. The van der Waals surface area contributed by atoms with E-state index in [4.69, 9.17) is 0 Å². The van der Waals surface area contributed by atoms with Crippen molar-refractivity contribution in [3.8, 4) is 5.75 Å². The number of thioether (sulfide) groups is 1. The first-order valence-corrected chi connectivity index (χ1v) is 6.27. The first-order chi connectivity index (χ1) is 8.13. The van der Waals surface area contributed by atoms with Crippen molar-refractivity contribution in [2.75, 3.05) is 5.32 Å². The van der Waals surface area contributed by atoms with E-state index in [1.165, 1.54) is 11.8 Å². The van der Waals surface area contributed by atoms with Gasteiger partial charge in [0.1, 0.15) is 5.75 Å². The zero-order valence-electron chi connectivity index (χ0n) is 9.28. The van der Waals surface area contributed by atoms with Gasteiger partial charge < -0.3 is 15.7 Å². The highest BCUT2D eigenvalue weighted by Gasteiger charge is 2.29. The van der Waals surface area contributed by atoms with Crippen LogP contribution < -0.4 is 10.6 Å². The SMILES string of the molecule is CC1CC2=C(Sc3cc(O)ccc3N2)C(=O)N1. The molecule has 1 atom stereocenters. The average molecular weight is 248 g/mol. The highest BCUT2D eigenvalue weighted by Crippen LogP contribution is 2.43. The maximum atomic E-state index is 11.8. The Bertz CT molecular complexity index is 539. The monoisotopic (exact) mass is 248 g/mol. The third-order valence-corrected chi connectivity index (χ3v) is 4.02. The number of rotatable bonds is 0. The molecule has 3 N–H and O–H groups in total. The van der Waals surface area contributed by atoms with Crippen molar-refractivity contribution in [2.24, 2.45) is 0 Å². The van der Waals surface area contributed by atoms with E-state index in [2.05, 4.69) is 10.6 Å². The Kier molecular flexibility index (Phi) is 2.29. The molecule has 1 unspecified atom stereocenters. The Morgan fingerprint density at radius 1 is 1.47 bits per heavy atom. The number of hydrogen-bond acceptors (Lipinski definition) is 4. The number of carbonyl (C=O) groups excluding carboxylic acids is 1. The van der Waals surface area contributed by atoms with Crippen LogP contribution in [0, 0.1) is 0 Å². The smallest absolute Gasteiger partial charge is 0.260 e. The Labute approximate surface area is 103 Å². The topological polar surface area (TPSA) is 61.4 Å². The Morgan fingerprint density at radius 3 is 3.12 bits per heavy atom. The summed E-state index contributed by atoms with van der Waals surface area (Å²) in [5.74, 6) is 0.178. The van der Waals surface area contributed by atoms with Gasteiger partial charge in [0.05, 0.1) is 10.6 Å². The second kappa shape index (κ2) is 3.70. The predicted molar refractivity (Wildman–Crippen MR) is 66.8 cm³/mol. The molecule has 1 aromatic rings. The van der Waals surface area contributed by atoms with E-state index in [1.807, 2.05) is 13.0 Å². The number of benzene rings is 1. The molecule has 88 valence electrons. The number of fused-ring (bicyclic) bond motifs is 1. The number of anilines is 1. The maximum absolute atomic E-state index is 11.8. The lowest BCUT2D eigenvalue weighted by molar-refractivity contribution is -0.117. The lowest BCUT2D eigenvalue weighted by Crippen LogP contribution is -2.39. The van der Waals surface area contributed by atoms with Crippen LogP contribution in [-0.2, 0) is 4.79 Å². The summed E-state index contributed by atoms with van der Waals surface area (Å²) < 4.78 is 0. The van der Waals surface area contributed by atoms with E-state index < -0.39 is 0 Å². The molecule has 0 spiro atoms. The van der Waals surface area contributed by atoms with Crippen LogP contribution >= 0.6 is 11.8 Å². The van der Waals surface area contributed by atoms with Crippen molar-refractivity contribution in [2.45, 2.75) is 24.3 Å². The molecule has 0 aliphatic carbocycles. The number of nitrogens with one attached hydrogen (secondary N) is 2. The van der Waals surface area contributed by atoms with Crippen LogP contribution in [0.1, 0.15) is 13.3 Å². The van der Waals surface area contributed by atoms with Gasteiger partial charge in [-0.1, -0.05) is 11.8 Å². The molecule has 1 amide bonds. The molecule has 0 bridgehead atoms. The first kappa shape index (κ1) is 10.5. The van der Waals surface area contributed by atoms with Crippen molar-refractivity contribution in [3.05, 3.63) is 28.8 Å². The van der Waals surface area contributed by atoms with Crippen LogP contribution in [-0.4, -0.2) is 17.1 Å². The molecule has 5 heteroatoms. The van der Waals surface area contributed by atoms with E-state index in [-0.39, 0.29) is 17.7 Å². The molecule has 0 aromatic heterocycles. The van der Waals surface area contributed by atoms with E-state index in [0.29, 0.717) is 4.91 Å². The molecule has 0 saturated carbocycles. The van der Waals surface area contributed by atoms with Crippen LogP contribution in [0.15, 0.2) is 33.7 Å². The van der Waals surface area contributed by atoms with Gasteiger partial charge in [0.15, 0.2) is 0 Å². The van der Waals surface area contributed by atoms with Gasteiger partial charge in [-0.2, -0.15) is 0 Å². The van der Waals surface area contributed by atoms with E-state index in [1.54, 1.807) is 12.1 Å². The van der Waals surface area contributed by atoms with Gasteiger partial charge in [-0.15, -0.1) is 0 Å². The van der Waals surface area contributed by atoms with Crippen LogP contribution in [0.4, 0.5) is 5.69 Å². The molecule has 3 rings (SSSR count). The Balaban J connectivity index is 2.01. The lowest BCUT2D eigenvalue weighted by atomic mass is 10.1. The minimum atomic E-state index is -0.0368. The summed E-state index contributed by atoms with van der Waals surface area (Å²) in [4.78, 5) is 13.4. The number of aromatic hydroxyl groups is 1. The zero-order chi connectivity index (χ0) is 12.0. The summed E-state index contributed by atoms with van der Waals surface area (Å²) in [6.45, 7) is 1.99. The average Bonchev–Trinajstić information content (AvgIpc) is 2.27. The van der Waals surface area contributed by atoms with Crippen molar-refractivity contribution in [1.82, 2.24) is 5.32 Å². The normalized spacial score (nSPS) is 22.4. The molecule has 17 heavy (non-hydrogen) atoms. The van der Waals surface area contributed by atoms with Gasteiger partial charge in [0.25, 0.3) is 5.91 Å². The number of hydrogen-bond donors (Lipinski definition) is 3. The summed E-state index contributed by atoms with van der Waals surface area (Å²) in [7, 11) is 0. The molecule has 0 fully saturated rings.